The van der Waals surface area contributed by atoms with Gasteiger partial charge in [-0.15, -0.1) is 0 Å². The van der Waals surface area contributed by atoms with Crippen LogP contribution < -0.4 is 4.74 Å². The van der Waals surface area contributed by atoms with Gasteiger partial charge in [0.1, 0.15) is 5.60 Å². The second-order valence-electron chi connectivity index (χ2n) is 9.72. The number of hydrogen-bond donors (Lipinski definition) is 2. The minimum Gasteiger partial charge on any atom is -0.481 e. The first-order valence-corrected chi connectivity index (χ1v) is 13.0. The van der Waals surface area contributed by atoms with Gasteiger partial charge in [0, 0.05) is 16.9 Å². The maximum Gasteiger partial charge on any atom is 0.217 e. The molecule has 1 aromatic heterocycles. The lowest BCUT2D eigenvalue weighted by molar-refractivity contribution is 0.00756. The van der Waals surface area contributed by atoms with Crippen LogP contribution in [-0.4, -0.2) is 28.6 Å². The molecule has 1 heterocycles. The maximum absolute atomic E-state index is 12.8. The van der Waals surface area contributed by atoms with E-state index in [4.69, 9.17) is 14.9 Å². The molecular weight excluding hydrogens is 472 g/mol. The van der Waals surface area contributed by atoms with Crippen LogP contribution in [0.4, 0.5) is 0 Å². The fourth-order valence-electron chi connectivity index (χ4n) is 5.43. The molecule has 2 atom stereocenters. The van der Waals surface area contributed by atoms with E-state index >= 15 is 0 Å². The number of unbranched alkanes of at least 4 members (excludes halogenated alkanes) is 1. The lowest BCUT2D eigenvalue weighted by Crippen LogP contribution is -2.35. The van der Waals surface area contributed by atoms with Gasteiger partial charge < -0.3 is 15.1 Å². The van der Waals surface area contributed by atoms with Crippen LogP contribution in [0, 0.1) is 0 Å². The van der Waals surface area contributed by atoms with E-state index in [1.165, 1.54) is 6.21 Å². The summed E-state index contributed by atoms with van der Waals surface area (Å²) in [7, 11) is 1.62. The minimum atomic E-state index is -1.23. The van der Waals surface area contributed by atoms with Crippen LogP contribution >= 0.6 is 0 Å². The Bertz CT molecular complexity index is 1580. The average molecular weight is 505 g/mol. The predicted octanol–water partition coefficient (Wildman–Crippen LogP) is 7.41. The Labute approximate surface area is 223 Å². The molecule has 0 aliphatic heterocycles. The summed E-state index contributed by atoms with van der Waals surface area (Å²) in [5, 5.41) is 28.2. The van der Waals surface area contributed by atoms with Crippen LogP contribution in [0.15, 0.2) is 102 Å². The van der Waals surface area contributed by atoms with Crippen molar-refractivity contribution in [3.05, 3.63) is 119 Å². The maximum atomic E-state index is 12.8. The van der Waals surface area contributed by atoms with E-state index in [9.17, 15) is 5.11 Å². The molecule has 0 bridgehead atoms. The predicted molar refractivity (Wildman–Crippen MR) is 153 cm³/mol. The van der Waals surface area contributed by atoms with Gasteiger partial charge in [-0.1, -0.05) is 97.7 Å². The molecule has 192 valence electrons. The van der Waals surface area contributed by atoms with Gasteiger partial charge in [-0.3, -0.25) is 0 Å². The largest absolute Gasteiger partial charge is 0.481 e. The highest BCUT2D eigenvalue weighted by molar-refractivity contribution is 5.89. The zero-order chi connectivity index (χ0) is 26.5. The molecule has 5 rings (SSSR count). The fourth-order valence-corrected chi connectivity index (χ4v) is 5.43. The summed E-state index contributed by atoms with van der Waals surface area (Å²) >= 11 is 0. The summed E-state index contributed by atoms with van der Waals surface area (Å²) in [5.41, 5.74) is 2.93. The van der Waals surface area contributed by atoms with Crippen molar-refractivity contribution in [2.75, 3.05) is 7.11 Å². The molecule has 0 aliphatic rings. The average Bonchev–Trinajstić information content (AvgIpc) is 2.96. The summed E-state index contributed by atoms with van der Waals surface area (Å²) < 4.78 is 5.85. The van der Waals surface area contributed by atoms with Crippen molar-refractivity contribution in [1.82, 2.24) is 4.98 Å². The molecule has 5 nitrogen and oxygen atoms in total. The molecule has 0 amide bonds. The lowest BCUT2D eigenvalue weighted by Gasteiger charge is -2.38. The molecular formula is C33H32N2O3. The molecule has 5 aromatic rings. The van der Waals surface area contributed by atoms with E-state index < -0.39 is 11.5 Å². The first kappa shape index (κ1) is 25.4. The van der Waals surface area contributed by atoms with E-state index in [0.717, 1.165) is 56.8 Å². The Morgan fingerprint density at radius 3 is 2.39 bits per heavy atom. The van der Waals surface area contributed by atoms with E-state index in [1.54, 1.807) is 7.11 Å². The van der Waals surface area contributed by atoms with Gasteiger partial charge in [0.25, 0.3) is 0 Å². The van der Waals surface area contributed by atoms with Crippen molar-refractivity contribution >= 4 is 27.9 Å². The van der Waals surface area contributed by atoms with Crippen molar-refractivity contribution in [3.8, 4) is 5.88 Å². The van der Waals surface area contributed by atoms with Crippen molar-refractivity contribution in [2.24, 2.45) is 5.16 Å². The highest BCUT2D eigenvalue weighted by Gasteiger charge is 2.42. The minimum absolute atomic E-state index is 0.446. The smallest absolute Gasteiger partial charge is 0.217 e. The van der Waals surface area contributed by atoms with Crippen molar-refractivity contribution in [1.29, 1.82) is 0 Å². The third-order valence-corrected chi connectivity index (χ3v) is 7.31. The first-order chi connectivity index (χ1) is 18.6. The zero-order valence-electron chi connectivity index (χ0n) is 21.7. The van der Waals surface area contributed by atoms with Crippen LogP contribution in [0.3, 0.4) is 0 Å². The van der Waals surface area contributed by atoms with Crippen molar-refractivity contribution in [3.63, 3.8) is 0 Å². The highest BCUT2D eigenvalue weighted by Crippen LogP contribution is 2.48. The molecule has 0 saturated heterocycles. The quantitative estimate of drug-likeness (QED) is 0.124. The topological polar surface area (TPSA) is 74.9 Å². The Balaban J connectivity index is 1.79. The van der Waals surface area contributed by atoms with Gasteiger partial charge in [0.15, 0.2) is 0 Å². The van der Waals surface area contributed by atoms with Gasteiger partial charge >= 0.3 is 0 Å². The zero-order valence-corrected chi connectivity index (χ0v) is 21.7. The molecule has 0 spiro atoms. The first-order valence-electron chi connectivity index (χ1n) is 13.0. The van der Waals surface area contributed by atoms with E-state index in [-0.39, 0.29) is 0 Å². The molecule has 0 aliphatic carbocycles. The van der Waals surface area contributed by atoms with Gasteiger partial charge in [0.05, 0.1) is 18.8 Å². The molecule has 0 fully saturated rings. The number of pyridine rings is 1. The van der Waals surface area contributed by atoms with Crippen molar-refractivity contribution < 1.29 is 15.1 Å². The van der Waals surface area contributed by atoms with Crippen LogP contribution in [0.1, 0.15) is 54.4 Å². The summed E-state index contributed by atoms with van der Waals surface area (Å²) in [5.74, 6) is 0.0315. The fraction of sp³-hybridized carbons (Fsp3) is 0.212. The van der Waals surface area contributed by atoms with E-state index in [0.29, 0.717) is 12.3 Å². The number of nitrogens with zero attached hydrogens (tertiary/aromatic N) is 2. The SMILES string of the molecule is CCCCC(O)(c1ccc2ccccc2c1)C(c1ccccc1)c1cc2cc(/C=N/O)ccc2nc1OC. The van der Waals surface area contributed by atoms with Gasteiger partial charge in [-0.05, 0) is 58.1 Å². The number of methoxy groups -OCH3 is 1. The number of aromatic nitrogens is 1. The number of benzene rings is 4. The van der Waals surface area contributed by atoms with E-state index in [1.807, 2.05) is 60.7 Å². The number of hydrogen-bond acceptors (Lipinski definition) is 5. The Kier molecular flexibility index (Phi) is 7.38. The second-order valence-corrected chi connectivity index (χ2v) is 9.72. The van der Waals surface area contributed by atoms with Crippen LogP contribution in [0.2, 0.25) is 0 Å². The second kappa shape index (κ2) is 11.0. The van der Waals surface area contributed by atoms with Gasteiger partial charge in [0.2, 0.25) is 5.88 Å². The Hall–Kier alpha value is -4.22. The molecule has 4 aromatic carbocycles. The van der Waals surface area contributed by atoms with E-state index in [2.05, 4.69) is 48.5 Å². The van der Waals surface area contributed by atoms with Crippen LogP contribution in [0.5, 0.6) is 5.88 Å². The molecule has 2 N–H and O–H groups in total. The van der Waals surface area contributed by atoms with Gasteiger partial charge in [-0.2, -0.15) is 0 Å². The van der Waals surface area contributed by atoms with Crippen LogP contribution in [0.25, 0.3) is 21.7 Å². The summed E-state index contributed by atoms with van der Waals surface area (Å²) in [6.07, 6.45) is 3.77. The molecule has 5 heteroatoms. The molecule has 38 heavy (non-hydrogen) atoms. The number of fused-ring (bicyclic) bond motifs is 2. The van der Waals surface area contributed by atoms with Gasteiger partial charge in [-0.25, -0.2) is 4.98 Å². The highest BCUT2D eigenvalue weighted by atomic mass is 16.5. The standard InChI is InChI=1S/C33H32N2O3/c1-3-4-18-33(36,28-16-15-24-10-8-9-13-26(24)20-28)31(25-11-6-5-7-12-25)29-21-27-19-23(22-34-37)14-17-30(27)35-32(29)38-2/h5-17,19-22,31,36-37H,3-4,18H2,1-2H3/b34-22+. The monoisotopic (exact) mass is 504 g/mol. The Morgan fingerprint density at radius 1 is 0.895 bits per heavy atom. The molecule has 2 unspecified atom stereocenters. The Morgan fingerprint density at radius 2 is 1.66 bits per heavy atom. The number of ether oxygens (including phenoxy) is 1. The number of rotatable bonds is 9. The van der Waals surface area contributed by atoms with Crippen LogP contribution in [-0.2, 0) is 5.60 Å². The number of oxime groups is 1. The number of aliphatic hydroxyl groups is 1. The lowest BCUT2D eigenvalue weighted by atomic mass is 9.71. The third kappa shape index (κ3) is 4.85. The third-order valence-electron chi connectivity index (χ3n) is 7.31. The normalized spacial score (nSPS) is 14.1. The molecule has 0 radical (unpaired) electrons. The molecule has 0 saturated carbocycles. The summed E-state index contributed by atoms with van der Waals surface area (Å²) in [6, 6.07) is 32.2. The summed E-state index contributed by atoms with van der Waals surface area (Å²) in [4.78, 5) is 4.84. The van der Waals surface area contributed by atoms with Crippen molar-refractivity contribution in [2.45, 2.75) is 37.7 Å². The summed E-state index contributed by atoms with van der Waals surface area (Å²) in [6.45, 7) is 2.14.